The van der Waals surface area contributed by atoms with Crippen LogP contribution in [0.15, 0.2) is 35.2 Å². The Morgan fingerprint density at radius 2 is 1.94 bits per heavy atom. The summed E-state index contributed by atoms with van der Waals surface area (Å²) in [7, 11) is 0. The topological polar surface area (TPSA) is 41.1 Å². The van der Waals surface area contributed by atoms with Gasteiger partial charge in [-0.25, -0.2) is 0 Å². The van der Waals surface area contributed by atoms with E-state index in [1.54, 1.807) is 0 Å². The fraction of sp³-hybridized carbons (Fsp3) is 0.417. The molecule has 0 aliphatic carbocycles. The highest BCUT2D eigenvalue weighted by atomic mass is 32.2. The Bertz CT molecular complexity index is 303. The summed E-state index contributed by atoms with van der Waals surface area (Å²) in [5.74, 6) is 1.07. The smallest absolute Gasteiger partial charge is 0.216 e. The molecule has 0 fully saturated rings. The number of rotatable bonds is 7. The van der Waals surface area contributed by atoms with Gasteiger partial charge in [0, 0.05) is 37.2 Å². The van der Waals surface area contributed by atoms with Crippen LogP contribution >= 0.6 is 11.8 Å². The molecule has 0 heterocycles. The standard InChI is InChI=1S/C12H18N2OS/c1-11(15)14-8-7-13-9-10-16-12-5-3-2-4-6-12/h2-6,13H,7-10H2,1H3,(H,14,15). The molecule has 1 rings (SSSR count). The van der Waals surface area contributed by atoms with Gasteiger partial charge in [0.05, 0.1) is 0 Å². The van der Waals surface area contributed by atoms with Crippen molar-refractivity contribution in [3.63, 3.8) is 0 Å². The van der Waals surface area contributed by atoms with Gasteiger partial charge in [0.1, 0.15) is 0 Å². The summed E-state index contributed by atoms with van der Waals surface area (Å²) < 4.78 is 0. The first kappa shape index (κ1) is 13.1. The zero-order valence-electron chi connectivity index (χ0n) is 9.53. The molecule has 1 aromatic carbocycles. The molecule has 0 atom stereocenters. The normalized spacial score (nSPS) is 10.1. The second kappa shape index (κ2) is 8.19. The lowest BCUT2D eigenvalue weighted by molar-refractivity contribution is -0.118. The molecule has 88 valence electrons. The van der Waals surface area contributed by atoms with Crippen molar-refractivity contribution in [3.05, 3.63) is 30.3 Å². The predicted octanol–water partition coefficient (Wildman–Crippen LogP) is 1.50. The fourth-order valence-corrected chi connectivity index (χ4v) is 2.04. The molecule has 0 spiro atoms. The van der Waals surface area contributed by atoms with E-state index in [0.717, 1.165) is 18.8 Å². The summed E-state index contributed by atoms with van der Waals surface area (Å²) in [5.41, 5.74) is 0. The van der Waals surface area contributed by atoms with E-state index >= 15 is 0 Å². The van der Waals surface area contributed by atoms with E-state index in [9.17, 15) is 4.79 Å². The van der Waals surface area contributed by atoms with Crippen LogP contribution in [0.1, 0.15) is 6.92 Å². The number of hydrogen-bond acceptors (Lipinski definition) is 3. The Balaban J connectivity index is 1.94. The van der Waals surface area contributed by atoms with Crippen molar-refractivity contribution in [1.29, 1.82) is 0 Å². The minimum Gasteiger partial charge on any atom is -0.355 e. The zero-order chi connectivity index (χ0) is 11.6. The maximum atomic E-state index is 10.6. The summed E-state index contributed by atoms with van der Waals surface area (Å²) in [4.78, 5) is 11.9. The molecule has 0 saturated carbocycles. The molecule has 0 aromatic heterocycles. The van der Waals surface area contributed by atoms with Crippen molar-refractivity contribution in [2.75, 3.05) is 25.4 Å². The molecule has 16 heavy (non-hydrogen) atoms. The van der Waals surface area contributed by atoms with Gasteiger partial charge in [-0.05, 0) is 12.1 Å². The molecule has 3 nitrogen and oxygen atoms in total. The highest BCUT2D eigenvalue weighted by Crippen LogP contribution is 2.15. The molecule has 0 saturated heterocycles. The summed E-state index contributed by atoms with van der Waals surface area (Å²) in [6.45, 7) is 4.02. The number of carbonyl (C=O) groups is 1. The third-order valence-corrected chi connectivity index (χ3v) is 2.98. The average Bonchev–Trinajstić information content (AvgIpc) is 2.29. The molecular weight excluding hydrogens is 220 g/mol. The van der Waals surface area contributed by atoms with Crippen LogP contribution in [0, 0.1) is 0 Å². The summed E-state index contributed by atoms with van der Waals surface area (Å²) in [5, 5.41) is 6.02. The first-order valence-electron chi connectivity index (χ1n) is 5.42. The van der Waals surface area contributed by atoms with Gasteiger partial charge in [0.25, 0.3) is 0 Å². The highest BCUT2D eigenvalue weighted by molar-refractivity contribution is 7.99. The van der Waals surface area contributed by atoms with Gasteiger partial charge < -0.3 is 10.6 Å². The van der Waals surface area contributed by atoms with E-state index in [2.05, 4.69) is 22.8 Å². The van der Waals surface area contributed by atoms with Crippen molar-refractivity contribution < 1.29 is 4.79 Å². The van der Waals surface area contributed by atoms with E-state index in [-0.39, 0.29) is 5.91 Å². The summed E-state index contributed by atoms with van der Waals surface area (Å²) in [6, 6.07) is 10.3. The zero-order valence-corrected chi connectivity index (χ0v) is 10.3. The third-order valence-electron chi connectivity index (χ3n) is 1.97. The van der Waals surface area contributed by atoms with Crippen LogP contribution in [-0.4, -0.2) is 31.3 Å². The molecule has 0 aliphatic heterocycles. The van der Waals surface area contributed by atoms with Crippen LogP contribution in [-0.2, 0) is 4.79 Å². The van der Waals surface area contributed by atoms with Gasteiger partial charge >= 0.3 is 0 Å². The number of thioether (sulfide) groups is 1. The molecule has 1 aromatic rings. The monoisotopic (exact) mass is 238 g/mol. The van der Waals surface area contributed by atoms with Crippen LogP contribution in [0.4, 0.5) is 0 Å². The molecule has 0 unspecified atom stereocenters. The number of nitrogens with one attached hydrogen (secondary N) is 2. The minimum absolute atomic E-state index is 0.0282. The van der Waals surface area contributed by atoms with Crippen molar-refractivity contribution in [3.8, 4) is 0 Å². The van der Waals surface area contributed by atoms with Crippen LogP contribution in [0.2, 0.25) is 0 Å². The maximum Gasteiger partial charge on any atom is 0.216 e. The molecule has 4 heteroatoms. The molecule has 0 aliphatic rings. The lowest BCUT2D eigenvalue weighted by Gasteiger charge is -2.05. The first-order valence-corrected chi connectivity index (χ1v) is 6.40. The Kier molecular flexibility index (Phi) is 6.69. The number of carbonyl (C=O) groups excluding carboxylic acids is 1. The minimum atomic E-state index is 0.0282. The average molecular weight is 238 g/mol. The van der Waals surface area contributed by atoms with Gasteiger partial charge in [-0.3, -0.25) is 4.79 Å². The van der Waals surface area contributed by atoms with E-state index in [0.29, 0.717) is 6.54 Å². The van der Waals surface area contributed by atoms with E-state index in [1.807, 2.05) is 30.0 Å². The molecular formula is C12H18N2OS. The van der Waals surface area contributed by atoms with Crippen molar-refractivity contribution >= 4 is 17.7 Å². The highest BCUT2D eigenvalue weighted by Gasteiger charge is 1.93. The Hall–Kier alpha value is -1.00. The second-order valence-corrected chi connectivity index (χ2v) is 4.56. The second-order valence-electron chi connectivity index (χ2n) is 3.39. The number of hydrogen-bond donors (Lipinski definition) is 2. The van der Waals surface area contributed by atoms with Crippen molar-refractivity contribution in [2.24, 2.45) is 0 Å². The summed E-state index contributed by atoms with van der Waals surface area (Å²) >= 11 is 1.83. The van der Waals surface area contributed by atoms with Gasteiger partial charge in [-0.1, -0.05) is 18.2 Å². The maximum absolute atomic E-state index is 10.6. The van der Waals surface area contributed by atoms with E-state index in [1.165, 1.54) is 11.8 Å². The van der Waals surface area contributed by atoms with Gasteiger partial charge in [0.15, 0.2) is 0 Å². The fourth-order valence-electron chi connectivity index (χ4n) is 1.21. The molecule has 0 bridgehead atoms. The lowest BCUT2D eigenvalue weighted by Crippen LogP contribution is -2.31. The first-order chi connectivity index (χ1) is 7.79. The number of amides is 1. The Labute approximate surface area is 101 Å². The van der Waals surface area contributed by atoms with Gasteiger partial charge in [0.2, 0.25) is 5.91 Å². The SMILES string of the molecule is CC(=O)NCCNCCSc1ccccc1. The van der Waals surface area contributed by atoms with Crippen molar-refractivity contribution in [2.45, 2.75) is 11.8 Å². The Morgan fingerprint density at radius 1 is 1.19 bits per heavy atom. The number of benzene rings is 1. The van der Waals surface area contributed by atoms with Crippen LogP contribution in [0.25, 0.3) is 0 Å². The summed E-state index contributed by atoms with van der Waals surface area (Å²) in [6.07, 6.45) is 0. The third kappa shape index (κ3) is 6.48. The molecule has 0 radical (unpaired) electrons. The van der Waals surface area contributed by atoms with E-state index in [4.69, 9.17) is 0 Å². The van der Waals surface area contributed by atoms with Crippen LogP contribution in [0.5, 0.6) is 0 Å². The predicted molar refractivity (Wildman–Crippen MR) is 68.7 cm³/mol. The molecule has 1 amide bonds. The van der Waals surface area contributed by atoms with Gasteiger partial charge in [-0.15, -0.1) is 11.8 Å². The van der Waals surface area contributed by atoms with Gasteiger partial charge in [-0.2, -0.15) is 0 Å². The van der Waals surface area contributed by atoms with E-state index < -0.39 is 0 Å². The largest absolute Gasteiger partial charge is 0.355 e. The quantitative estimate of drug-likeness (QED) is 0.559. The molecule has 2 N–H and O–H groups in total. The Morgan fingerprint density at radius 3 is 2.62 bits per heavy atom. The van der Waals surface area contributed by atoms with Crippen molar-refractivity contribution in [1.82, 2.24) is 10.6 Å². The van der Waals surface area contributed by atoms with Crippen LogP contribution in [0.3, 0.4) is 0 Å². The lowest BCUT2D eigenvalue weighted by atomic mass is 10.4. The van der Waals surface area contributed by atoms with Crippen LogP contribution < -0.4 is 10.6 Å².